The fourth-order valence-corrected chi connectivity index (χ4v) is 8.22. The van der Waals surface area contributed by atoms with E-state index in [4.69, 9.17) is 27.9 Å². The molecule has 4 aromatic rings. The van der Waals surface area contributed by atoms with Gasteiger partial charge in [0.15, 0.2) is 0 Å². The molecule has 0 unspecified atom stereocenters. The first-order valence-corrected chi connectivity index (χ1v) is 15.1. The van der Waals surface area contributed by atoms with Crippen LogP contribution in [0.25, 0.3) is 20.4 Å². The fourth-order valence-electron chi connectivity index (χ4n) is 5.23. The number of carbonyl (C=O) groups excluding carboxylic acids is 1. The summed E-state index contributed by atoms with van der Waals surface area (Å²) in [5, 5.41) is 6.60. The number of rotatable bonds is 4. The molecule has 1 amide bonds. The van der Waals surface area contributed by atoms with Gasteiger partial charge in [-0.2, -0.15) is 0 Å². The minimum Gasteiger partial charge on any atom is -0.370 e. The van der Waals surface area contributed by atoms with Crippen LogP contribution in [0.5, 0.6) is 0 Å². The van der Waals surface area contributed by atoms with Crippen molar-refractivity contribution in [2.45, 2.75) is 32.4 Å². The summed E-state index contributed by atoms with van der Waals surface area (Å²) in [7, 11) is 0. The van der Waals surface area contributed by atoms with E-state index in [9.17, 15) is 4.79 Å². The molecule has 4 aromatic heterocycles. The van der Waals surface area contributed by atoms with Crippen molar-refractivity contribution in [3.63, 3.8) is 0 Å². The number of fused-ring (bicyclic) bond motifs is 6. The molecule has 1 fully saturated rings. The zero-order chi connectivity index (χ0) is 26.1. The van der Waals surface area contributed by atoms with Gasteiger partial charge in [0.1, 0.15) is 39.2 Å². The Morgan fingerprint density at radius 3 is 2.37 bits per heavy atom. The van der Waals surface area contributed by atoms with Crippen LogP contribution >= 0.6 is 45.9 Å². The van der Waals surface area contributed by atoms with Crippen LogP contribution in [0, 0.1) is 0 Å². The van der Waals surface area contributed by atoms with Crippen molar-refractivity contribution in [3.8, 4) is 0 Å². The molecule has 7 heterocycles. The molecule has 0 aliphatic carbocycles. The van der Waals surface area contributed by atoms with Crippen molar-refractivity contribution in [3.05, 3.63) is 43.8 Å². The monoisotopic (exact) mass is 591 g/mol. The van der Waals surface area contributed by atoms with E-state index >= 15 is 0 Å². The molecule has 7 rings (SSSR count). The largest absolute Gasteiger partial charge is 0.370 e. The molecule has 0 bridgehead atoms. The van der Waals surface area contributed by atoms with Crippen LogP contribution in [0.3, 0.4) is 0 Å². The van der Waals surface area contributed by atoms with Crippen LogP contribution in [0.4, 0.5) is 0 Å². The number of thiophene rings is 2. The summed E-state index contributed by atoms with van der Waals surface area (Å²) in [6.07, 6.45) is 6.07. The Hall–Kier alpha value is -1.99. The van der Waals surface area contributed by atoms with Gasteiger partial charge in [0.2, 0.25) is 5.91 Å². The first kappa shape index (κ1) is 26.2. The van der Waals surface area contributed by atoms with Gasteiger partial charge in [-0.1, -0.05) is 23.2 Å². The SMILES string of the molecule is Clc1ncnc2sc3c(c12)CCNC3.O=C1COCCN1CCCN1CCc2c(sc3ncnc(Cl)c23)C1. The lowest BCUT2D eigenvalue weighted by molar-refractivity contribution is -0.142. The van der Waals surface area contributed by atoms with Crippen LogP contribution in [0.1, 0.15) is 27.3 Å². The second kappa shape index (κ2) is 11.6. The highest BCUT2D eigenvalue weighted by Crippen LogP contribution is 2.37. The highest BCUT2D eigenvalue weighted by Gasteiger charge is 2.24. The van der Waals surface area contributed by atoms with Crippen LogP contribution in [0.15, 0.2) is 12.7 Å². The Morgan fingerprint density at radius 2 is 1.63 bits per heavy atom. The minimum absolute atomic E-state index is 0.111. The van der Waals surface area contributed by atoms with Crippen molar-refractivity contribution < 1.29 is 9.53 Å². The fraction of sp³-hybridized carbons (Fsp3) is 0.480. The van der Waals surface area contributed by atoms with E-state index in [1.54, 1.807) is 22.7 Å². The summed E-state index contributed by atoms with van der Waals surface area (Å²) in [6, 6.07) is 0. The molecule has 0 aromatic carbocycles. The van der Waals surface area contributed by atoms with Gasteiger partial charge in [0.25, 0.3) is 0 Å². The molecule has 38 heavy (non-hydrogen) atoms. The number of carbonyl (C=O) groups is 1. The maximum Gasteiger partial charge on any atom is 0.248 e. The number of hydrogen-bond acceptors (Lipinski definition) is 10. The third-order valence-electron chi connectivity index (χ3n) is 7.12. The highest BCUT2D eigenvalue weighted by atomic mass is 35.5. The second-order valence-corrected chi connectivity index (χ2v) is 12.3. The minimum atomic E-state index is 0.111. The maximum absolute atomic E-state index is 11.7. The third-order valence-corrected chi connectivity index (χ3v) is 9.96. The third kappa shape index (κ3) is 5.38. The summed E-state index contributed by atoms with van der Waals surface area (Å²) in [6.45, 7) is 7.32. The molecule has 3 aliphatic heterocycles. The number of nitrogens with zero attached hydrogens (tertiary/aromatic N) is 6. The zero-order valence-corrected chi connectivity index (χ0v) is 23.9. The quantitative estimate of drug-likeness (QED) is 0.356. The Balaban J connectivity index is 0.000000159. The number of aromatic nitrogens is 4. The standard InChI is InChI=1S/C16H19ClN4O2S.C9H8ClN3S/c17-15-14-11-2-5-20(8-12(11)24-16(14)19-10-18-15)3-1-4-21-6-7-23-9-13(21)22;10-8-7-5-1-2-11-3-6(5)14-9(7)13-4-12-8/h10H,1-9H2;4,11H,1-3H2. The van der Waals surface area contributed by atoms with Crippen molar-refractivity contribution in [2.24, 2.45) is 0 Å². The van der Waals surface area contributed by atoms with E-state index in [2.05, 4.69) is 30.2 Å². The number of hydrogen-bond donors (Lipinski definition) is 1. The Kier molecular flexibility index (Phi) is 8.03. The predicted molar refractivity (Wildman–Crippen MR) is 151 cm³/mol. The highest BCUT2D eigenvalue weighted by molar-refractivity contribution is 7.19. The average Bonchev–Trinajstić information content (AvgIpc) is 3.49. The number of halogens is 2. The van der Waals surface area contributed by atoms with Crippen molar-refractivity contribution >= 4 is 72.2 Å². The predicted octanol–water partition coefficient (Wildman–Crippen LogP) is 3.94. The number of nitrogens with one attached hydrogen (secondary N) is 1. The molecule has 0 saturated carbocycles. The molecule has 9 nitrogen and oxygen atoms in total. The Morgan fingerprint density at radius 1 is 0.921 bits per heavy atom. The molecular formula is C25H27Cl2N7O2S2. The molecule has 200 valence electrons. The summed E-state index contributed by atoms with van der Waals surface area (Å²) >= 11 is 15.8. The van der Waals surface area contributed by atoms with Crippen molar-refractivity contribution in [1.82, 2.24) is 35.1 Å². The van der Waals surface area contributed by atoms with E-state index < -0.39 is 0 Å². The van der Waals surface area contributed by atoms with E-state index in [-0.39, 0.29) is 12.5 Å². The topological polar surface area (TPSA) is 96.4 Å². The van der Waals surface area contributed by atoms with Crippen molar-refractivity contribution in [2.75, 3.05) is 45.9 Å². The first-order valence-electron chi connectivity index (χ1n) is 12.7. The van der Waals surface area contributed by atoms with Crippen LogP contribution in [0.2, 0.25) is 10.3 Å². The first-order chi connectivity index (χ1) is 18.6. The van der Waals surface area contributed by atoms with Gasteiger partial charge in [-0.05, 0) is 36.9 Å². The second-order valence-electron chi connectivity index (χ2n) is 9.44. The molecule has 0 atom stereocenters. The van der Waals surface area contributed by atoms with Crippen LogP contribution in [-0.4, -0.2) is 81.6 Å². The number of amides is 1. The summed E-state index contributed by atoms with van der Waals surface area (Å²) in [5.41, 5.74) is 2.66. The van der Waals surface area contributed by atoms with Gasteiger partial charge in [-0.3, -0.25) is 9.69 Å². The molecule has 13 heteroatoms. The summed E-state index contributed by atoms with van der Waals surface area (Å²) in [4.78, 5) is 37.5. The lowest BCUT2D eigenvalue weighted by atomic mass is 10.1. The van der Waals surface area contributed by atoms with Crippen molar-refractivity contribution in [1.29, 1.82) is 0 Å². The van der Waals surface area contributed by atoms with Gasteiger partial charge in [-0.15, -0.1) is 22.7 Å². The van der Waals surface area contributed by atoms with Gasteiger partial charge in [0, 0.05) is 49.0 Å². The maximum atomic E-state index is 11.7. The normalized spacial score (nSPS) is 17.8. The molecule has 1 saturated heterocycles. The average molecular weight is 593 g/mol. The Labute approximate surface area is 238 Å². The van der Waals surface area contributed by atoms with Gasteiger partial charge in [-0.25, -0.2) is 19.9 Å². The summed E-state index contributed by atoms with van der Waals surface area (Å²) < 4.78 is 5.16. The lowest BCUT2D eigenvalue weighted by Crippen LogP contribution is -2.43. The molecule has 1 N–H and O–H groups in total. The van der Waals surface area contributed by atoms with Gasteiger partial charge >= 0.3 is 0 Å². The van der Waals surface area contributed by atoms with Crippen LogP contribution < -0.4 is 5.32 Å². The van der Waals surface area contributed by atoms with Crippen LogP contribution in [-0.2, 0) is 35.5 Å². The molecular weight excluding hydrogens is 565 g/mol. The van der Waals surface area contributed by atoms with Gasteiger partial charge < -0.3 is 15.0 Å². The summed E-state index contributed by atoms with van der Waals surface area (Å²) in [5.74, 6) is 0.111. The smallest absolute Gasteiger partial charge is 0.248 e. The van der Waals surface area contributed by atoms with Gasteiger partial charge in [0.05, 0.1) is 17.4 Å². The van der Waals surface area contributed by atoms with E-state index in [0.29, 0.717) is 16.9 Å². The lowest BCUT2D eigenvalue weighted by Gasteiger charge is -2.30. The molecule has 0 spiro atoms. The zero-order valence-electron chi connectivity index (χ0n) is 20.7. The van der Waals surface area contributed by atoms with E-state index in [1.807, 2.05) is 4.90 Å². The Bertz CT molecular complexity index is 1480. The molecule has 3 aliphatic rings. The number of morpholine rings is 1. The molecule has 0 radical (unpaired) electrons. The number of ether oxygens (including phenoxy) is 1. The van der Waals surface area contributed by atoms with E-state index in [1.165, 1.54) is 33.5 Å². The van der Waals surface area contributed by atoms with E-state index in [0.717, 1.165) is 85.5 Å².